The maximum atomic E-state index is 12.5. The molecule has 0 spiro atoms. The standard InChI is InChI=1S/C31H36ClN6O7P/c1-43-27-17-25-26(18-28(27)44-14-3-11-38-12-8-21(9-13-38)10-15-45-46(40,41)42)34-20-35-30(25)36-24-6-7-29(33-19-24)37-31(39)22-4-2-5-23(32)16-22/h2,4-7,16-21H,3,8-15H2,1H3,(H,33,37,39)(H,34,35,36)(H2,40,41,42). The van der Waals surface area contributed by atoms with Gasteiger partial charge in [0.2, 0.25) is 0 Å². The number of phosphoric acid groups is 1. The van der Waals surface area contributed by atoms with Crippen molar-refractivity contribution < 1.29 is 33.1 Å². The van der Waals surface area contributed by atoms with Gasteiger partial charge in [0.1, 0.15) is 18.0 Å². The summed E-state index contributed by atoms with van der Waals surface area (Å²) >= 11 is 5.99. The van der Waals surface area contributed by atoms with Crippen molar-refractivity contribution in [1.29, 1.82) is 0 Å². The minimum atomic E-state index is -4.40. The third-order valence-electron chi connectivity index (χ3n) is 7.64. The van der Waals surface area contributed by atoms with E-state index in [1.165, 1.54) is 6.33 Å². The average molecular weight is 671 g/mol. The molecule has 0 atom stereocenters. The molecule has 2 aromatic carbocycles. The Morgan fingerprint density at radius 2 is 1.89 bits per heavy atom. The molecule has 0 saturated carbocycles. The number of amides is 1. The number of hydrogen-bond acceptors (Lipinski definition) is 10. The van der Waals surface area contributed by atoms with Crippen molar-refractivity contribution in [2.45, 2.75) is 25.7 Å². The molecule has 0 unspecified atom stereocenters. The Morgan fingerprint density at radius 3 is 2.61 bits per heavy atom. The van der Waals surface area contributed by atoms with Crippen LogP contribution >= 0.6 is 19.4 Å². The van der Waals surface area contributed by atoms with Gasteiger partial charge in [0.05, 0.1) is 37.7 Å². The number of likely N-dealkylation sites (tertiary alicyclic amines) is 1. The summed E-state index contributed by atoms with van der Waals surface area (Å²) in [5.41, 5.74) is 1.78. The molecule has 1 fully saturated rings. The van der Waals surface area contributed by atoms with E-state index in [-0.39, 0.29) is 12.5 Å². The van der Waals surface area contributed by atoms with Crippen molar-refractivity contribution in [3.8, 4) is 11.5 Å². The number of phosphoric ester groups is 1. The number of carbonyl (C=O) groups is 1. The van der Waals surface area contributed by atoms with E-state index in [1.807, 2.05) is 12.1 Å². The fourth-order valence-electron chi connectivity index (χ4n) is 5.24. The van der Waals surface area contributed by atoms with E-state index in [2.05, 4.69) is 35.0 Å². The first-order valence-electron chi connectivity index (χ1n) is 14.8. The SMILES string of the molecule is COc1cc2c(Nc3ccc(NC(=O)c4cccc(Cl)c4)nc3)ncnc2cc1OCCCN1CCC(CCOP(=O)(O)O)CC1. The number of nitrogens with zero attached hydrogens (tertiary/aromatic N) is 4. The summed E-state index contributed by atoms with van der Waals surface area (Å²) in [5.74, 6) is 2.19. The summed E-state index contributed by atoms with van der Waals surface area (Å²) < 4.78 is 27.2. The number of nitrogens with one attached hydrogen (secondary N) is 2. The number of piperidine rings is 1. The summed E-state index contributed by atoms with van der Waals surface area (Å²) in [6, 6.07) is 13.8. The molecule has 0 bridgehead atoms. The molecule has 1 aliphatic rings. The van der Waals surface area contributed by atoms with Crippen LogP contribution in [0.25, 0.3) is 10.9 Å². The lowest BCUT2D eigenvalue weighted by Gasteiger charge is -2.31. The lowest BCUT2D eigenvalue weighted by Crippen LogP contribution is -2.35. The van der Waals surface area contributed by atoms with E-state index >= 15 is 0 Å². The average Bonchev–Trinajstić information content (AvgIpc) is 3.04. The first-order chi connectivity index (χ1) is 22.2. The van der Waals surface area contributed by atoms with Crippen LogP contribution in [0.15, 0.2) is 61.1 Å². The summed E-state index contributed by atoms with van der Waals surface area (Å²) in [6.07, 6.45) is 6.49. The molecule has 2 aromatic heterocycles. The van der Waals surface area contributed by atoms with Gasteiger partial charge in [0.25, 0.3) is 5.91 Å². The van der Waals surface area contributed by atoms with Crippen LogP contribution in [-0.2, 0) is 9.09 Å². The number of rotatable bonds is 14. The molecule has 3 heterocycles. The quantitative estimate of drug-likeness (QED) is 0.0961. The highest BCUT2D eigenvalue weighted by atomic mass is 35.5. The van der Waals surface area contributed by atoms with Gasteiger partial charge < -0.3 is 34.8 Å². The Kier molecular flexibility index (Phi) is 11.4. The molecule has 13 nitrogen and oxygen atoms in total. The van der Waals surface area contributed by atoms with Gasteiger partial charge in [-0.2, -0.15) is 0 Å². The third-order valence-corrected chi connectivity index (χ3v) is 8.40. The molecule has 15 heteroatoms. The summed E-state index contributed by atoms with van der Waals surface area (Å²) in [6.45, 7) is 3.33. The topological polar surface area (TPSA) is 168 Å². The summed E-state index contributed by atoms with van der Waals surface area (Å²) in [5, 5.41) is 7.23. The molecular formula is C31H36ClN6O7P. The van der Waals surface area contributed by atoms with Crippen molar-refractivity contribution in [1.82, 2.24) is 19.9 Å². The van der Waals surface area contributed by atoms with Gasteiger partial charge in [0, 0.05) is 28.6 Å². The molecule has 1 saturated heterocycles. The van der Waals surface area contributed by atoms with E-state index in [9.17, 15) is 9.36 Å². The molecule has 1 amide bonds. The minimum absolute atomic E-state index is 0.0796. The number of ether oxygens (including phenoxy) is 2. The largest absolute Gasteiger partial charge is 0.493 e. The molecule has 0 radical (unpaired) electrons. The molecule has 5 rings (SSSR count). The van der Waals surface area contributed by atoms with Crippen LogP contribution in [0.2, 0.25) is 5.02 Å². The van der Waals surface area contributed by atoms with Gasteiger partial charge in [-0.05, 0) is 81.1 Å². The molecule has 1 aliphatic heterocycles. The molecule has 4 N–H and O–H groups in total. The number of aromatic nitrogens is 3. The van der Waals surface area contributed by atoms with E-state index < -0.39 is 7.82 Å². The van der Waals surface area contributed by atoms with Crippen LogP contribution in [0, 0.1) is 5.92 Å². The highest BCUT2D eigenvalue weighted by molar-refractivity contribution is 7.46. The van der Waals surface area contributed by atoms with Gasteiger partial charge >= 0.3 is 7.82 Å². The normalized spacial score (nSPS) is 14.3. The van der Waals surface area contributed by atoms with Crippen LogP contribution in [-0.4, -0.2) is 75.5 Å². The zero-order valence-corrected chi connectivity index (χ0v) is 26.9. The second-order valence-corrected chi connectivity index (χ2v) is 12.5. The number of pyridine rings is 1. The first kappa shape index (κ1) is 33.5. The van der Waals surface area contributed by atoms with Gasteiger partial charge in [-0.1, -0.05) is 17.7 Å². The summed E-state index contributed by atoms with van der Waals surface area (Å²) in [4.78, 5) is 45.7. The van der Waals surface area contributed by atoms with Gasteiger partial charge in [0.15, 0.2) is 11.5 Å². The summed E-state index contributed by atoms with van der Waals surface area (Å²) in [7, 11) is -2.82. The Balaban J connectivity index is 1.13. The second-order valence-electron chi connectivity index (χ2n) is 10.9. The number of anilines is 3. The smallest absolute Gasteiger partial charge is 0.469 e. The van der Waals surface area contributed by atoms with Crippen molar-refractivity contribution in [2.75, 3.05) is 50.6 Å². The minimum Gasteiger partial charge on any atom is -0.493 e. The number of fused-ring (bicyclic) bond motifs is 1. The Bertz CT molecular complexity index is 1680. The fraction of sp³-hybridized carbons (Fsp3) is 0.355. The lowest BCUT2D eigenvalue weighted by atomic mass is 9.94. The Morgan fingerprint density at radius 1 is 1.07 bits per heavy atom. The second kappa shape index (κ2) is 15.6. The maximum absolute atomic E-state index is 12.5. The van der Waals surface area contributed by atoms with Crippen molar-refractivity contribution in [3.05, 3.63) is 71.6 Å². The molecule has 0 aliphatic carbocycles. The Hall–Kier alpha value is -3.84. The predicted octanol–water partition coefficient (Wildman–Crippen LogP) is 5.66. The Labute approximate surface area is 271 Å². The number of carbonyl (C=O) groups excluding carboxylic acids is 1. The lowest BCUT2D eigenvalue weighted by molar-refractivity contribution is 0.102. The fourth-order valence-corrected chi connectivity index (χ4v) is 5.77. The molecule has 4 aromatic rings. The van der Waals surface area contributed by atoms with Crippen LogP contribution in [0.3, 0.4) is 0 Å². The predicted molar refractivity (Wildman–Crippen MR) is 175 cm³/mol. The first-order valence-corrected chi connectivity index (χ1v) is 16.8. The van der Waals surface area contributed by atoms with Gasteiger partial charge in [-0.15, -0.1) is 0 Å². The van der Waals surface area contributed by atoms with Crippen LogP contribution in [0.4, 0.5) is 17.3 Å². The maximum Gasteiger partial charge on any atom is 0.469 e. The molecule has 46 heavy (non-hydrogen) atoms. The molecule has 244 valence electrons. The monoisotopic (exact) mass is 670 g/mol. The zero-order chi connectivity index (χ0) is 32.5. The van der Waals surface area contributed by atoms with Gasteiger partial charge in [-0.3, -0.25) is 9.32 Å². The molecular weight excluding hydrogens is 635 g/mol. The van der Waals surface area contributed by atoms with E-state index in [1.54, 1.807) is 49.7 Å². The van der Waals surface area contributed by atoms with E-state index in [4.69, 9.17) is 30.9 Å². The van der Waals surface area contributed by atoms with Crippen LogP contribution in [0.1, 0.15) is 36.0 Å². The van der Waals surface area contributed by atoms with Crippen LogP contribution in [0.5, 0.6) is 11.5 Å². The number of halogens is 1. The van der Waals surface area contributed by atoms with E-state index in [0.717, 1.165) is 44.3 Å². The highest BCUT2D eigenvalue weighted by Gasteiger charge is 2.21. The number of hydrogen-bond donors (Lipinski definition) is 4. The highest BCUT2D eigenvalue weighted by Crippen LogP contribution is 2.37. The van der Waals surface area contributed by atoms with Crippen LogP contribution < -0.4 is 20.1 Å². The van der Waals surface area contributed by atoms with Crippen molar-refractivity contribution in [3.63, 3.8) is 0 Å². The third kappa shape index (κ3) is 9.58. The van der Waals surface area contributed by atoms with Crippen molar-refractivity contribution in [2.24, 2.45) is 5.92 Å². The zero-order valence-electron chi connectivity index (χ0n) is 25.3. The van der Waals surface area contributed by atoms with Crippen molar-refractivity contribution >= 4 is 53.6 Å². The van der Waals surface area contributed by atoms with E-state index in [0.29, 0.717) is 63.9 Å². The number of methoxy groups -OCH3 is 1. The van der Waals surface area contributed by atoms with Gasteiger partial charge in [-0.25, -0.2) is 19.5 Å². The number of benzene rings is 2.